The van der Waals surface area contributed by atoms with Crippen molar-refractivity contribution in [1.29, 1.82) is 0 Å². The zero-order valence-corrected chi connectivity index (χ0v) is 14.7. The molecule has 1 heterocycles. The molecule has 4 nitrogen and oxygen atoms in total. The Morgan fingerprint density at radius 1 is 1.24 bits per heavy atom. The molecule has 0 radical (unpaired) electrons. The molecule has 25 heavy (non-hydrogen) atoms. The first-order valence-corrected chi connectivity index (χ1v) is 10.1. The topological polar surface area (TPSA) is 62.0 Å². The van der Waals surface area contributed by atoms with Gasteiger partial charge in [-0.2, -0.15) is 0 Å². The molecule has 0 saturated carbocycles. The van der Waals surface area contributed by atoms with E-state index in [-0.39, 0.29) is 5.92 Å². The second-order valence-electron chi connectivity index (χ2n) is 6.60. The maximum absolute atomic E-state index is 12.9. The zero-order chi connectivity index (χ0) is 17.6. The van der Waals surface area contributed by atoms with Gasteiger partial charge in [-0.3, -0.25) is 4.72 Å². The Labute approximate surface area is 146 Å². The minimum absolute atomic E-state index is 0.242. The molecule has 0 amide bonds. The number of nitrogens with one attached hydrogen (secondary N) is 2. The summed E-state index contributed by atoms with van der Waals surface area (Å²) in [7, 11) is -3.34. The third-order valence-electron chi connectivity index (χ3n) is 4.86. The fourth-order valence-corrected chi connectivity index (χ4v) is 4.40. The molecular formula is C19H19FN2O2S. The second kappa shape index (κ2) is 5.88. The summed E-state index contributed by atoms with van der Waals surface area (Å²) in [5.74, 6) is 0.242. The van der Waals surface area contributed by atoms with E-state index < -0.39 is 16.7 Å². The van der Waals surface area contributed by atoms with Gasteiger partial charge in [0.15, 0.2) is 0 Å². The molecule has 1 aliphatic carbocycles. The number of aryl methyl sites for hydroxylation is 1. The van der Waals surface area contributed by atoms with Crippen LogP contribution in [0.3, 0.4) is 0 Å². The number of para-hydroxylation sites is 1. The predicted octanol–water partition coefficient (Wildman–Crippen LogP) is 4.09. The van der Waals surface area contributed by atoms with E-state index in [9.17, 15) is 12.8 Å². The molecule has 3 aromatic rings. The molecule has 130 valence electrons. The van der Waals surface area contributed by atoms with Crippen LogP contribution in [0.5, 0.6) is 0 Å². The van der Waals surface area contributed by atoms with Crippen LogP contribution in [-0.2, 0) is 23.1 Å². The van der Waals surface area contributed by atoms with Gasteiger partial charge in [0, 0.05) is 17.5 Å². The van der Waals surface area contributed by atoms with Crippen LogP contribution < -0.4 is 4.72 Å². The van der Waals surface area contributed by atoms with Crippen molar-refractivity contribution in [2.24, 2.45) is 0 Å². The molecule has 1 atom stereocenters. The largest absolute Gasteiger partial charge is 0.359 e. The van der Waals surface area contributed by atoms with Crippen molar-refractivity contribution in [3.63, 3.8) is 0 Å². The Balaban J connectivity index is 1.79. The van der Waals surface area contributed by atoms with Gasteiger partial charge >= 0.3 is 0 Å². The van der Waals surface area contributed by atoms with E-state index in [2.05, 4.69) is 9.71 Å². The maximum atomic E-state index is 12.9. The Hall–Kier alpha value is -2.34. The monoisotopic (exact) mass is 358 g/mol. The quantitative estimate of drug-likeness (QED) is 0.738. The van der Waals surface area contributed by atoms with Crippen LogP contribution in [0.2, 0.25) is 0 Å². The number of hydrogen-bond acceptors (Lipinski definition) is 2. The van der Waals surface area contributed by atoms with Gasteiger partial charge in [0.25, 0.3) is 0 Å². The molecule has 0 bridgehead atoms. The first-order chi connectivity index (χ1) is 12.0. The van der Waals surface area contributed by atoms with Crippen LogP contribution >= 0.6 is 0 Å². The van der Waals surface area contributed by atoms with Gasteiger partial charge < -0.3 is 4.98 Å². The number of sulfonamides is 1. The zero-order valence-electron chi connectivity index (χ0n) is 13.8. The molecule has 4 rings (SSSR count). The van der Waals surface area contributed by atoms with E-state index in [0.717, 1.165) is 41.1 Å². The van der Waals surface area contributed by atoms with Crippen molar-refractivity contribution < 1.29 is 12.8 Å². The van der Waals surface area contributed by atoms with E-state index in [1.807, 2.05) is 36.5 Å². The first kappa shape index (κ1) is 16.1. The highest BCUT2D eigenvalue weighted by molar-refractivity contribution is 7.92. The molecule has 1 unspecified atom stereocenters. The highest BCUT2D eigenvalue weighted by Crippen LogP contribution is 2.42. The lowest BCUT2D eigenvalue weighted by Crippen LogP contribution is -2.09. The molecule has 0 spiro atoms. The molecule has 6 heteroatoms. The van der Waals surface area contributed by atoms with Gasteiger partial charge in [-0.25, -0.2) is 12.8 Å². The summed E-state index contributed by atoms with van der Waals surface area (Å²) in [5.41, 5.74) is 5.66. The van der Waals surface area contributed by atoms with E-state index in [1.165, 1.54) is 11.1 Å². The summed E-state index contributed by atoms with van der Waals surface area (Å²) in [4.78, 5) is 3.22. The van der Waals surface area contributed by atoms with E-state index >= 15 is 0 Å². The number of aromatic nitrogens is 1. The van der Waals surface area contributed by atoms with Crippen molar-refractivity contribution in [2.75, 3.05) is 11.0 Å². The third-order valence-corrected chi connectivity index (χ3v) is 5.45. The molecular weight excluding hydrogens is 339 g/mol. The Morgan fingerprint density at radius 3 is 2.84 bits per heavy atom. The van der Waals surface area contributed by atoms with Crippen molar-refractivity contribution in [3.05, 3.63) is 64.8 Å². The summed E-state index contributed by atoms with van der Waals surface area (Å²) in [5, 5.41) is 1.01. The standard InChI is InChI=1S/C19H19FN2O2S/c1-25(23,24)22-18-4-2-3-16-17(11-21-19(16)18)15-8-6-13-9-12(10-20)5-7-14(13)15/h2-5,7,9,11,15,21-22H,6,8,10H2,1H3. The number of alkyl halides is 1. The summed E-state index contributed by atoms with van der Waals surface area (Å²) >= 11 is 0. The van der Waals surface area contributed by atoms with Gasteiger partial charge in [-0.05, 0) is 41.2 Å². The van der Waals surface area contributed by atoms with E-state index in [1.54, 1.807) is 6.07 Å². The molecule has 0 fully saturated rings. The number of aromatic amines is 1. The van der Waals surface area contributed by atoms with Gasteiger partial charge in [0.05, 0.1) is 17.5 Å². The number of rotatable bonds is 4. The SMILES string of the molecule is CS(=O)(=O)Nc1cccc2c(C3CCc4cc(CF)ccc43)c[nH]c12. The Morgan fingerprint density at radius 2 is 2.08 bits per heavy atom. The van der Waals surface area contributed by atoms with Gasteiger partial charge in [0.1, 0.15) is 6.67 Å². The molecule has 0 saturated heterocycles. The smallest absolute Gasteiger partial charge is 0.229 e. The van der Waals surface area contributed by atoms with E-state index in [0.29, 0.717) is 5.69 Å². The average Bonchev–Trinajstić information content (AvgIpc) is 3.16. The molecule has 1 aliphatic rings. The van der Waals surface area contributed by atoms with Crippen LogP contribution in [0.15, 0.2) is 42.6 Å². The van der Waals surface area contributed by atoms with Crippen molar-refractivity contribution in [1.82, 2.24) is 4.98 Å². The summed E-state index contributed by atoms with van der Waals surface area (Å²) in [6.45, 7) is -0.439. The normalized spacial score (nSPS) is 17.0. The highest BCUT2D eigenvalue weighted by atomic mass is 32.2. The number of fused-ring (bicyclic) bond motifs is 2. The predicted molar refractivity (Wildman–Crippen MR) is 98.2 cm³/mol. The number of anilines is 1. The fourth-order valence-electron chi connectivity index (χ4n) is 3.83. The number of H-pyrrole nitrogens is 1. The maximum Gasteiger partial charge on any atom is 0.229 e. The van der Waals surface area contributed by atoms with Gasteiger partial charge in [-0.15, -0.1) is 0 Å². The summed E-state index contributed by atoms with van der Waals surface area (Å²) < 4.78 is 38.6. The summed E-state index contributed by atoms with van der Waals surface area (Å²) in [6.07, 6.45) is 5.01. The van der Waals surface area contributed by atoms with Crippen LogP contribution in [0, 0.1) is 0 Å². The van der Waals surface area contributed by atoms with Gasteiger partial charge in [-0.1, -0.05) is 30.3 Å². The van der Waals surface area contributed by atoms with Crippen molar-refractivity contribution in [3.8, 4) is 0 Å². The average molecular weight is 358 g/mol. The van der Waals surface area contributed by atoms with Crippen LogP contribution in [0.4, 0.5) is 10.1 Å². The third kappa shape index (κ3) is 2.91. The second-order valence-corrected chi connectivity index (χ2v) is 8.35. The van der Waals surface area contributed by atoms with E-state index in [4.69, 9.17) is 0 Å². The molecule has 1 aromatic heterocycles. The lowest BCUT2D eigenvalue weighted by molar-refractivity contribution is 0.485. The van der Waals surface area contributed by atoms with Crippen molar-refractivity contribution in [2.45, 2.75) is 25.4 Å². The molecule has 2 aromatic carbocycles. The highest BCUT2D eigenvalue weighted by Gasteiger charge is 2.26. The Kier molecular flexibility index (Phi) is 3.80. The number of hydrogen-bond donors (Lipinski definition) is 2. The molecule has 0 aliphatic heterocycles. The van der Waals surface area contributed by atoms with Crippen LogP contribution in [-0.4, -0.2) is 19.7 Å². The minimum atomic E-state index is -3.34. The lowest BCUT2D eigenvalue weighted by Gasteiger charge is -2.12. The number of benzene rings is 2. The number of halogens is 1. The molecule has 2 N–H and O–H groups in total. The van der Waals surface area contributed by atoms with Gasteiger partial charge in [0.2, 0.25) is 10.0 Å². The minimum Gasteiger partial charge on any atom is -0.359 e. The fraction of sp³-hybridized carbons (Fsp3) is 0.263. The van der Waals surface area contributed by atoms with Crippen LogP contribution in [0.1, 0.15) is 34.6 Å². The van der Waals surface area contributed by atoms with Crippen LogP contribution in [0.25, 0.3) is 10.9 Å². The first-order valence-electron chi connectivity index (χ1n) is 8.22. The Bertz CT molecular complexity index is 1060. The summed E-state index contributed by atoms with van der Waals surface area (Å²) in [6, 6.07) is 11.4. The lowest BCUT2D eigenvalue weighted by atomic mass is 9.92. The van der Waals surface area contributed by atoms with Crippen molar-refractivity contribution >= 4 is 26.6 Å².